The van der Waals surface area contributed by atoms with Crippen molar-refractivity contribution in [3.63, 3.8) is 0 Å². The van der Waals surface area contributed by atoms with Crippen LogP contribution in [0.1, 0.15) is 13.8 Å². The van der Waals surface area contributed by atoms with Gasteiger partial charge in [0.1, 0.15) is 0 Å². The van der Waals surface area contributed by atoms with Crippen LogP contribution >= 0.6 is 0 Å². The normalized spacial score (nSPS) is 16.3. The van der Waals surface area contributed by atoms with E-state index in [4.69, 9.17) is 5.11 Å². The van der Waals surface area contributed by atoms with Crippen molar-refractivity contribution >= 4 is 0 Å². The largest absolute Gasteiger partial charge is 0.384 e. The molecule has 0 spiro atoms. The Bertz CT molecular complexity index is 86.7. The Hall–Kier alpha value is -0.250. The second-order valence-electron chi connectivity index (χ2n) is 2.23. The van der Waals surface area contributed by atoms with Crippen LogP contribution in [0.4, 0.5) is 13.2 Å². The summed E-state index contributed by atoms with van der Waals surface area (Å²) in [5.41, 5.74) is 0. The molecule has 0 amide bonds. The molecule has 0 aromatic carbocycles. The van der Waals surface area contributed by atoms with E-state index in [9.17, 15) is 13.2 Å². The van der Waals surface area contributed by atoms with Crippen LogP contribution in [0.2, 0.25) is 0 Å². The lowest BCUT2D eigenvalue weighted by Crippen LogP contribution is -2.33. The summed E-state index contributed by atoms with van der Waals surface area (Å²) >= 11 is 0. The first-order chi connectivity index (χ1) is 3.85. The van der Waals surface area contributed by atoms with Gasteiger partial charge in [0.25, 0.3) is 0 Å². The van der Waals surface area contributed by atoms with E-state index in [0.717, 1.165) is 0 Å². The molecule has 1 nitrogen and oxygen atoms in total. The first-order valence-electron chi connectivity index (χ1n) is 2.60. The summed E-state index contributed by atoms with van der Waals surface area (Å²) in [7, 11) is 0. The Morgan fingerprint density at radius 3 is 1.67 bits per heavy atom. The fourth-order valence-corrected chi connectivity index (χ4v) is 0.401. The minimum Gasteiger partial charge on any atom is -0.334 e. The predicted octanol–water partition coefficient (Wildman–Crippen LogP) is 1.57. The summed E-state index contributed by atoms with van der Waals surface area (Å²) in [4.78, 5) is 0. The van der Waals surface area contributed by atoms with Gasteiger partial charge < -0.3 is 5.11 Å². The van der Waals surface area contributed by atoms with Crippen molar-refractivity contribution in [2.24, 2.45) is 5.92 Å². The number of rotatable bonds is 2. The Labute approximate surface area is 51.5 Å². The van der Waals surface area contributed by atoms with Crippen LogP contribution in [-0.4, -0.2) is 17.4 Å². The Morgan fingerprint density at radius 1 is 1.33 bits per heavy atom. The zero-order valence-corrected chi connectivity index (χ0v) is 5.24. The van der Waals surface area contributed by atoms with Crippen molar-refractivity contribution in [2.75, 3.05) is 0 Å². The van der Waals surface area contributed by atoms with Gasteiger partial charge in [0.05, 0.1) is 0 Å². The molecule has 56 valence electrons. The van der Waals surface area contributed by atoms with Crippen LogP contribution in [0, 0.1) is 5.92 Å². The molecule has 0 saturated heterocycles. The van der Waals surface area contributed by atoms with Gasteiger partial charge in [-0.3, -0.25) is 0 Å². The third-order valence-electron chi connectivity index (χ3n) is 0.917. The zero-order valence-electron chi connectivity index (χ0n) is 5.24. The highest BCUT2D eigenvalue weighted by atomic mass is 19.3. The molecule has 0 radical (unpaired) electrons. The van der Waals surface area contributed by atoms with E-state index < -0.39 is 18.2 Å². The third kappa shape index (κ3) is 2.70. The highest BCUT2D eigenvalue weighted by Crippen LogP contribution is 2.23. The Morgan fingerprint density at radius 2 is 1.67 bits per heavy atom. The van der Waals surface area contributed by atoms with E-state index in [0.29, 0.717) is 0 Å². The number of hydrogen-bond acceptors (Lipinski definition) is 1. The molecule has 0 rings (SSSR count). The van der Waals surface area contributed by atoms with Crippen molar-refractivity contribution in [1.29, 1.82) is 0 Å². The van der Waals surface area contributed by atoms with Crippen molar-refractivity contribution in [2.45, 2.75) is 26.1 Å². The Kier molecular flexibility index (Phi) is 2.49. The van der Waals surface area contributed by atoms with E-state index in [2.05, 4.69) is 0 Å². The summed E-state index contributed by atoms with van der Waals surface area (Å²) in [6.45, 7) is 2.55. The number of aliphatic hydroxyl groups is 1. The average Bonchev–Trinajstić information content (AvgIpc) is 1.62. The van der Waals surface area contributed by atoms with E-state index in [-0.39, 0.29) is 0 Å². The standard InChI is InChI=1S/C5H9F3O/c1-3(2)4(6)5(7,8)9/h3-4,9H,1-2H3. The summed E-state index contributed by atoms with van der Waals surface area (Å²) in [6.07, 6.45) is -6.65. The summed E-state index contributed by atoms with van der Waals surface area (Å²) in [5, 5.41) is 7.75. The number of alkyl halides is 3. The molecule has 1 N–H and O–H groups in total. The lowest BCUT2D eigenvalue weighted by molar-refractivity contribution is -0.248. The first kappa shape index (κ1) is 8.75. The average molecular weight is 142 g/mol. The quantitative estimate of drug-likeness (QED) is 0.620. The van der Waals surface area contributed by atoms with Crippen molar-refractivity contribution < 1.29 is 18.3 Å². The molecule has 0 bridgehead atoms. The maximum absolute atomic E-state index is 12.0. The first-order valence-corrected chi connectivity index (χ1v) is 2.60. The van der Waals surface area contributed by atoms with Crippen LogP contribution < -0.4 is 0 Å². The smallest absolute Gasteiger partial charge is 0.334 e. The topological polar surface area (TPSA) is 20.2 Å². The van der Waals surface area contributed by atoms with E-state index in [1.54, 1.807) is 0 Å². The molecule has 0 heterocycles. The highest BCUT2D eigenvalue weighted by molar-refractivity contribution is 4.67. The van der Waals surface area contributed by atoms with Crippen LogP contribution in [-0.2, 0) is 0 Å². The fourth-order valence-electron chi connectivity index (χ4n) is 0.401. The monoisotopic (exact) mass is 142 g/mol. The van der Waals surface area contributed by atoms with E-state index in [1.807, 2.05) is 0 Å². The van der Waals surface area contributed by atoms with Gasteiger partial charge in [0, 0.05) is 0 Å². The molecule has 1 unspecified atom stereocenters. The van der Waals surface area contributed by atoms with Gasteiger partial charge in [0.15, 0.2) is 6.17 Å². The van der Waals surface area contributed by atoms with Crippen LogP contribution in [0.3, 0.4) is 0 Å². The zero-order chi connectivity index (χ0) is 7.65. The molecule has 0 aromatic rings. The predicted molar refractivity (Wildman–Crippen MR) is 26.9 cm³/mol. The van der Waals surface area contributed by atoms with Crippen molar-refractivity contribution in [1.82, 2.24) is 0 Å². The van der Waals surface area contributed by atoms with Crippen LogP contribution in [0.25, 0.3) is 0 Å². The van der Waals surface area contributed by atoms with Gasteiger partial charge in [-0.15, -0.1) is 0 Å². The number of halogens is 3. The molecule has 0 aromatic heterocycles. The summed E-state index contributed by atoms with van der Waals surface area (Å²) < 4.78 is 35.1. The molecule has 4 heteroatoms. The lowest BCUT2D eigenvalue weighted by atomic mass is 10.1. The SMILES string of the molecule is CC(C)C(F)C(O)(F)F. The Balaban J connectivity index is 3.88. The molecular weight excluding hydrogens is 133 g/mol. The van der Waals surface area contributed by atoms with Crippen molar-refractivity contribution in [3.8, 4) is 0 Å². The molecule has 0 aliphatic rings. The molecule has 0 aliphatic carbocycles. The highest BCUT2D eigenvalue weighted by Gasteiger charge is 2.39. The maximum atomic E-state index is 12.0. The molecule has 0 aliphatic heterocycles. The molecular formula is C5H9F3O. The van der Waals surface area contributed by atoms with E-state index >= 15 is 0 Å². The molecule has 0 saturated carbocycles. The van der Waals surface area contributed by atoms with Crippen LogP contribution in [0.15, 0.2) is 0 Å². The third-order valence-corrected chi connectivity index (χ3v) is 0.917. The molecule has 9 heavy (non-hydrogen) atoms. The minimum absolute atomic E-state index is 0.856. The molecule has 1 atom stereocenters. The van der Waals surface area contributed by atoms with Gasteiger partial charge in [-0.2, -0.15) is 8.78 Å². The molecule has 0 fully saturated rings. The summed E-state index contributed by atoms with van der Waals surface area (Å²) in [6, 6.07) is 0. The van der Waals surface area contributed by atoms with Crippen LogP contribution in [0.5, 0.6) is 0 Å². The second-order valence-corrected chi connectivity index (χ2v) is 2.23. The van der Waals surface area contributed by atoms with Gasteiger partial charge in [0.2, 0.25) is 0 Å². The maximum Gasteiger partial charge on any atom is 0.384 e. The van der Waals surface area contributed by atoms with Crippen molar-refractivity contribution in [3.05, 3.63) is 0 Å². The number of hydrogen-bond donors (Lipinski definition) is 1. The van der Waals surface area contributed by atoms with Gasteiger partial charge >= 0.3 is 6.11 Å². The van der Waals surface area contributed by atoms with E-state index in [1.165, 1.54) is 13.8 Å². The second kappa shape index (κ2) is 2.56. The van der Waals surface area contributed by atoms with Gasteiger partial charge in [-0.05, 0) is 5.92 Å². The van der Waals surface area contributed by atoms with Gasteiger partial charge in [-0.1, -0.05) is 13.8 Å². The van der Waals surface area contributed by atoms with Gasteiger partial charge in [-0.25, -0.2) is 4.39 Å². The lowest BCUT2D eigenvalue weighted by Gasteiger charge is -2.16. The summed E-state index contributed by atoms with van der Waals surface area (Å²) in [5.74, 6) is -0.856. The minimum atomic E-state index is -4.19. The fraction of sp³-hybridized carbons (Fsp3) is 1.00.